The molecule has 3 aromatic rings. The van der Waals surface area contributed by atoms with Gasteiger partial charge in [-0.25, -0.2) is 4.68 Å². The average Bonchev–Trinajstić information content (AvgIpc) is 3.27. The van der Waals surface area contributed by atoms with Gasteiger partial charge in [0.2, 0.25) is 0 Å². The molecule has 29 heavy (non-hydrogen) atoms. The summed E-state index contributed by atoms with van der Waals surface area (Å²) in [5.41, 5.74) is -2.08. The molecule has 0 saturated carbocycles. The van der Waals surface area contributed by atoms with Gasteiger partial charge in [0.1, 0.15) is 0 Å². The number of carbonyl (C=O) groups is 1. The fourth-order valence-corrected chi connectivity index (χ4v) is 3.52. The number of halogens is 6. The monoisotopic (exact) mass is 433 g/mol. The number of thiophene rings is 1. The molecule has 1 aromatic carbocycles. The van der Waals surface area contributed by atoms with Crippen molar-refractivity contribution in [3.8, 4) is 16.3 Å². The van der Waals surface area contributed by atoms with Crippen molar-refractivity contribution >= 4 is 17.2 Å². The average molecular weight is 433 g/mol. The number of alkyl halides is 6. The maximum atomic E-state index is 13.2. The molecule has 4 nitrogen and oxygen atoms in total. The second kappa shape index (κ2) is 7.21. The zero-order chi connectivity index (χ0) is 21.6. The summed E-state index contributed by atoms with van der Waals surface area (Å²) in [5.74, 6) is -0.321. The van der Waals surface area contributed by atoms with Crippen LogP contribution in [-0.4, -0.2) is 34.7 Å². The van der Waals surface area contributed by atoms with Crippen LogP contribution in [-0.2, 0) is 12.4 Å². The van der Waals surface area contributed by atoms with Crippen molar-refractivity contribution in [3.05, 3.63) is 58.6 Å². The Bertz CT molecular complexity index is 1030. The van der Waals surface area contributed by atoms with Gasteiger partial charge in [-0.1, -0.05) is 0 Å². The number of benzene rings is 1. The predicted octanol–water partition coefficient (Wildman–Crippen LogP) is 5.34. The van der Waals surface area contributed by atoms with Crippen molar-refractivity contribution in [1.29, 1.82) is 0 Å². The normalized spacial score (nSPS) is 12.3. The third kappa shape index (κ3) is 4.29. The predicted molar refractivity (Wildman–Crippen MR) is 94.9 cm³/mol. The van der Waals surface area contributed by atoms with Crippen LogP contribution in [0.2, 0.25) is 0 Å². The Morgan fingerprint density at radius 2 is 1.59 bits per heavy atom. The van der Waals surface area contributed by atoms with E-state index in [4.69, 9.17) is 0 Å². The van der Waals surface area contributed by atoms with Gasteiger partial charge >= 0.3 is 12.4 Å². The smallest absolute Gasteiger partial charge is 0.344 e. The Morgan fingerprint density at radius 1 is 0.966 bits per heavy atom. The minimum Gasteiger partial charge on any atom is -0.344 e. The Morgan fingerprint density at radius 3 is 2.10 bits per heavy atom. The van der Waals surface area contributed by atoms with Crippen LogP contribution in [0.1, 0.15) is 20.9 Å². The third-order valence-corrected chi connectivity index (χ3v) is 5.01. The molecule has 11 heteroatoms. The molecule has 0 aliphatic rings. The van der Waals surface area contributed by atoms with E-state index in [1.807, 2.05) is 0 Å². The molecule has 0 aliphatic heterocycles. The molecule has 154 valence electrons. The van der Waals surface area contributed by atoms with E-state index in [0.717, 1.165) is 46.4 Å². The molecule has 0 bridgehead atoms. The first-order valence-electron chi connectivity index (χ1n) is 8.04. The van der Waals surface area contributed by atoms with Crippen LogP contribution >= 0.6 is 11.3 Å². The molecule has 0 saturated heterocycles. The van der Waals surface area contributed by atoms with Crippen LogP contribution in [0.3, 0.4) is 0 Å². The van der Waals surface area contributed by atoms with E-state index < -0.39 is 23.6 Å². The number of rotatable bonds is 3. The highest BCUT2D eigenvalue weighted by atomic mass is 32.1. The highest BCUT2D eigenvalue weighted by Crippen LogP contribution is 2.36. The van der Waals surface area contributed by atoms with Crippen molar-refractivity contribution in [2.24, 2.45) is 0 Å². The van der Waals surface area contributed by atoms with Crippen molar-refractivity contribution in [1.82, 2.24) is 14.7 Å². The summed E-state index contributed by atoms with van der Waals surface area (Å²) in [6.45, 7) is 0. The lowest BCUT2D eigenvalue weighted by molar-refractivity contribution is -0.141. The number of hydrogen-bond acceptors (Lipinski definition) is 3. The maximum absolute atomic E-state index is 13.2. The van der Waals surface area contributed by atoms with Gasteiger partial charge in [0.25, 0.3) is 5.91 Å². The molecule has 0 N–H and O–H groups in total. The summed E-state index contributed by atoms with van der Waals surface area (Å²) in [7, 11) is 3.08. The number of carbonyl (C=O) groups excluding carboxylic acids is 1. The SMILES string of the molecule is CN(C)C(=O)c1ccc(-c2cc(C(F)(F)F)nn2-c2ccc(C(F)(F)F)cc2)s1. The highest BCUT2D eigenvalue weighted by molar-refractivity contribution is 7.17. The van der Waals surface area contributed by atoms with Gasteiger partial charge in [-0.05, 0) is 42.5 Å². The van der Waals surface area contributed by atoms with Crippen LogP contribution in [0.15, 0.2) is 42.5 Å². The lowest BCUT2D eigenvalue weighted by Crippen LogP contribution is -2.20. The van der Waals surface area contributed by atoms with E-state index in [9.17, 15) is 31.1 Å². The van der Waals surface area contributed by atoms with E-state index in [1.165, 1.54) is 31.1 Å². The molecule has 0 unspecified atom stereocenters. The molecule has 3 rings (SSSR count). The Kier molecular flexibility index (Phi) is 5.20. The summed E-state index contributed by atoms with van der Waals surface area (Å²) < 4.78 is 78.8. The van der Waals surface area contributed by atoms with Crippen LogP contribution in [0.4, 0.5) is 26.3 Å². The number of nitrogens with zero attached hydrogens (tertiary/aromatic N) is 3. The molecular weight excluding hydrogens is 420 g/mol. The van der Waals surface area contributed by atoms with Gasteiger partial charge in [-0.3, -0.25) is 4.79 Å². The molecule has 0 fully saturated rings. The molecule has 0 spiro atoms. The van der Waals surface area contributed by atoms with Crippen molar-refractivity contribution in [2.75, 3.05) is 14.1 Å². The van der Waals surface area contributed by atoms with Gasteiger partial charge in [-0.2, -0.15) is 31.4 Å². The van der Waals surface area contributed by atoms with E-state index in [0.29, 0.717) is 9.75 Å². The fraction of sp³-hybridized carbons (Fsp3) is 0.222. The summed E-state index contributed by atoms with van der Waals surface area (Å²) in [6, 6.07) is 7.36. The zero-order valence-electron chi connectivity index (χ0n) is 15.0. The summed E-state index contributed by atoms with van der Waals surface area (Å²) >= 11 is 0.963. The molecule has 1 amide bonds. The molecule has 0 radical (unpaired) electrons. The second-order valence-corrected chi connectivity index (χ2v) is 7.32. The summed E-state index contributed by atoms with van der Waals surface area (Å²) in [5, 5.41) is 3.53. The molecule has 0 atom stereocenters. The van der Waals surface area contributed by atoms with Crippen LogP contribution in [0, 0.1) is 0 Å². The molecule has 2 heterocycles. The Hall–Kier alpha value is -2.82. The first-order chi connectivity index (χ1) is 13.4. The van der Waals surface area contributed by atoms with Crippen LogP contribution in [0.25, 0.3) is 16.3 Å². The Labute approximate surface area is 165 Å². The Balaban J connectivity index is 2.10. The van der Waals surface area contributed by atoms with Crippen molar-refractivity contribution < 1.29 is 31.1 Å². The molecule has 0 aliphatic carbocycles. The van der Waals surface area contributed by atoms with Gasteiger partial charge < -0.3 is 4.90 Å². The molecule has 2 aromatic heterocycles. The quantitative estimate of drug-likeness (QED) is 0.523. The van der Waals surface area contributed by atoms with E-state index in [-0.39, 0.29) is 17.3 Å². The first kappa shape index (κ1) is 20.9. The maximum Gasteiger partial charge on any atom is 0.435 e. The van der Waals surface area contributed by atoms with Gasteiger partial charge in [0, 0.05) is 14.1 Å². The van der Waals surface area contributed by atoms with Gasteiger partial charge in [-0.15, -0.1) is 11.3 Å². The fourth-order valence-electron chi connectivity index (χ4n) is 2.49. The van der Waals surface area contributed by atoms with Crippen LogP contribution < -0.4 is 0 Å². The second-order valence-electron chi connectivity index (χ2n) is 6.23. The van der Waals surface area contributed by atoms with Gasteiger partial charge in [0.05, 0.1) is 26.7 Å². The first-order valence-corrected chi connectivity index (χ1v) is 8.86. The van der Waals surface area contributed by atoms with Crippen LogP contribution in [0.5, 0.6) is 0 Å². The van der Waals surface area contributed by atoms with Crippen molar-refractivity contribution in [2.45, 2.75) is 12.4 Å². The third-order valence-electron chi connectivity index (χ3n) is 3.91. The lowest BCUT2D eigenvalue weighted by atomic mass is 10.2. The van der Waals surface area contributed by atoms with E-state index in [1.54, 1.807) is 0 Å². The number of amides is 1. The standard InChI is InChI=1S/C18H13F6N3OS/c1-26(2)16(28)14-8-7-13(29-14)12-9-15(18(22,23)24)25-27(12)11-5-3-10(4-6-11)17(19,20)21/h3-9H,1-2H3. The summed E-state index contributed by atoms with van der Waals surface area (Å²) in [6.07, 6.45) is -9.32. The van der Waals surface area contributed by atoms with E-state index in [2.05, 4.69) is 5.10 Å². The lowest BCUT2D eigenvalue weighted by Gasteiger charge is -2.10. The summed E-state index contributed by atoms with van der Waals surface area (Å²) in [4.78, 5) is 14.0. The van der Waals surface area contributed by atoms with E-state index >= 15 is 0 Å². The number of hydrogen-bond donors (Lipinski definition) is 0. The number of aromatic nitrogens is 2. The molecular formula is C18H13F6N3OS. The minimum atomic E-state index is -4.74. The van der Waals surface area contributed by atoms with Gasteiger partial charge in [0.15, 0.2) is 5.69 Å². The van der Waals surface area contributed by atoms with Crippen molar-refractivity contribution in [3.63, 3.8) is 0 Å². The zero-order valence-corrected chi connectivity index (χ0v) is 15.8. The largest absolute Gasteiger partial charge is 0.435 e. The minimum absolute atomic E-state index is 0.0138. The topological polar surface area (TPSA) is 38.1 Å². The highest BCUT2D eigenvalue weighted by Gasteiger charge is 2.36.